The second-order valence-electron chi connectivity index (χ2n) is 4.45. The predicted molar refractivity (Wildman–Crippen MR) is 99.9 cm³/mol. The fourth-order valence-electron chi connectivity index (χ4n) is 1.42. The van der Waals surface area contributed by atoms with Crippen molar-refractivity contribution in [2.24, 2.45) is 0 Å². The summed E-state index contributed by atoms with van der Waals surface area (Å²) in [6, 6.07) is 0. The summed E-state index contributed by atoms with van der Waals surface area (Å²) < 4.78 is 1.93. The van der Waals surface area contributed by atoms with Crippen molar-refractivity contribution in [3.63, 3.8) is 0 Å². The van der Waals surface area contributed by atoms with Gasteiger partial charge in [-0.25, -0.2) is 9.16 Å². The summed E-state index contributed by atoms with van der Waals surface area (Å²) in [5, 5.41) is 0. The Labute approximate surface area is 163 Å². The van der Waals surface area contributed by atoms with Crippen molar-refractivity contribution in [2.75, 3.05) is 0 Å². The van der Waals surface area contributed by atoms with Crippen molar-refractivity contribution in [3.8, 4) is 0 Å². The Hall–Kier alpha value is 2.32. The zero-order valence-corrected chi connectivity index (χ0v) is 20.2. The molecule has 0 spiro atoms. The fraction of sp³-hybridized carbons (Fsp3) is 0.857. The van der Waals surface area contributed by atoms with Gasteiger partial charge in [0.05, 0.1) is 0 Å². The van der Waals surface area contributed by atoms with Crippen molar-refractivity contribution >= 4 is 50.5 Å². The molecule has 0 aromatic rings. The Kier molecular flexibility index (Phi) is 31.2. The zero-order valence-electron chi connectivity index (χ0n) is 12.6. The third-order valence-corrected chi connectivity index (χ3v) is 3.40. The summed E-state index contributed by atoms with van der Waals surface area (Å²) in [7, 11) is 0. The van der Waals surface area contributed by atoms with Gasteiger partial charge in [-0.15, -0.1) is 0 Å². The first kappa shape index (κ1) is 26.2. The van der Waals surface area contributed by atoms with Crippen LogP contribution in [0.4, 0.5) is 0 Å². The molecule has 0 radical (unpaired) electrons. The minimum Gasteiger partial charge on any atom is -0.356 e. The molecule has 0 fully saturated rings. The van der Waals surface area contributed by atoms with Gasteiger partial charge in [-0.05, 0) is 0 Å². The summed E-state index contributed by atoms with van der Waals surface area (Å²) >= 11 is 16.3. The van der Waals surface area contributed by atoms with Gasteiger partial charge < -0.3 is 50.5 Å². The molecular formula is C14H30CdS4. The summed E-state index contributed by atoms with van der Waals surface area (Å²) in [6.45, 7) is 4.43. The Morgan fingerprint density at radius 2 is 0.895 bits per heavy atom. The van der Waals surface area contributed by atoms with Gasteiger partial charge in [-0.3, -0.25) is 0 Å². The van der Waals surface area contributed by atoms with Gasteiger partial charge in [0, 0.05) is 0 Å². The van der Waals surface area contributed by atoms with Gasteiger partial charge >= 0.3 is 27.3 Å². The van der Waals surface area contributed by atoms with Crippen LogP contribution in [0.25, 0.3) is 0 Å². The first-order chi connectivity index (χ1) is 8.54. The van der Waals surface area contributed by atoms with Gasteiger partial charge in [-0.2, -0.15) is 12.8 Å². The van der Waals surface area contributed by atoms with Crippen molar-refractivity contribution in [3.05, 3.63) is 9.16 Å². The van der Waals surface area contributed by atoms with Crippen molar-refractivity contribution < 1.29 is 27.3 Å². The van der Waals surface area contributed by atoms with Crippen LogP contribution in [0.15, 0.2) is 0 Å². The molecule has 0 atom stereocenters. The third kappa shape index (κ3) is 33.3. The molecule has 0 N–H and O–H groups in total. The number of unbranched alkanes of at least 4 members (excludes halogenated alkanes) is 6. The Balaban J connectivity index is -0.000000256. The maximum Gasteiger partial charge on any atom is 2.00 e. The third-order valence-electron chi connectivity index (χ3n) is 2.51. The van der Waals surface area contributed by atoms with E-state index in [1.165, 1.54) is 51.4 Å². The average molecular weight is 439 g/mol. The van der Waals surface area contributed by atoms with Gasteiger partial charge in [0.25, 0.3) is 0 Å². The van der Waals surface area contributed by atoms with Crippen molar-refractivity contribution in [2.45, 2.75) is 78.1 Å². The number of hydrogen-bond acceptors (Lipinski definition) is 4. The Morgan fingerprint density at radius 3 is 1.11 bits per heavy atom. The van der Waals surface area contributed by atoms with Crippen molar-refractivity contribution in [1.82, 2.24) is 0 Å². The predicted octanol–water partition coefficient (Wildman–Crippen LogP) is 6.61. The normalized spacial score (nSPS) is 10.1. The molecule has 0 saturated carbocycles. The minimum atomic E-state index is 0. The topological polar surface area (TPSA) is 0 Å². The van der Waals surface area contributed by atoms with E-state index in [1.54, 1.807) is 0 Å². The van der Waals surface area contributed by atoms with E-state index in [0.29, 0.717) is 0 Å². The molecule has 0 unspecified atom stereocenters. The smallest absolute Gasteiger partial charge is 0.356 e. The summed E-state index contributed by atoms with van der Waals surface area (Å²) in [4.78, 5) is 0. The summed E-state index contributed by atoms with van der Waals surface area (Å²) in [5.41, 5.74) is 0. The molecule has 0 rings (SSSR count). The van der Waals surface area contributed by atoms with E-state index in [2.05, 4.69) is 64.4 Å². The largest absolute Gasteiger partial charge is 2.00 e. The summed E-state index contributed by atoms with van der Waals surface area (Å²) in [5.74, 6) is 0. The quantitative estimate of drug-likeness (QED) is 0.125. The Bertz CT molecular complexity index is 127. The van der Waals surface area contributed by atoms with Crippen LogP contribution in [-0.2, 0) is 27.3 Å². The molecule has 0 aliphatic carbocycles. The Morgan fingerprint density at radius 1 is 0.579 bits per heavy atom. The molecule has 0 aromatic heterocycles. The molecule has 0 aromatic carbocycles. The van der Waals surface area contributed by atoms with Crippen LogP contribution in [0.1, 0.15) is 78.1 Å². The van der Waals surface area contributed by atoms with Crippen LogP contribution in [0.2, 0.25) is 0 Å². The average Bonchev–Trinajstić information content (AvgIpc) is 2.31. The molecule has 5 heteroatoms. The van der Waals surface area contributed by atoms with Crippen LogP contribution in [0, 0.1) is 9.16 Å². The molecule has 0 aliphatic rings. The van der Waals surface area contributed by atoms with E-state index < -0.39 is 0 Å². The van der Waals surface area contributed by atoms with E-state index >= 15 is 0 Å². The molecule has 0 amide bonds. The number of rotatable bonds is 10. The molecule has 19 heavy (non-hydrogen) atoms. The second kappa shape index (κ2) is 22.6. The van der Waals surface area contributed by atoms with Crippen LogP contribution < -0.4 is 0 Å². The molecule has 0 aliphatic heterocycles. The van der Waals surface area contributed by atoms with Crippen molar-refractivity contribution in [1.29, 1.82) is 0 Å². The molecule has 0 saturated heterocycles. The van der Waals surface area contributed by atoms with E-state index in [0.717, 1.165) is 22.0 Å². The van der Waals surface area contributed by atoms with E-state index in [4.69, 9.17) is 0 Å². The van der Waals surface area contributed by atoms with E-state index in [-0.39, 0.29) is 27.3 Å². The van der Waals surface area contributed by atoms with Gasteiger partial charge in [0.2, 0.25) is 0 Å². The molecule has 0 nitrogen and oxygen atoms in total. The van der Waals surface area contributed by atoms with Crippen LogP contribution in [0.3, 0.4) is 0 Å². The number of thiol groups is 4. The van der Waals surface area contributed by atoms with Crippen LogP contribution in [-0.4, -0.2) is 0 Å². The first-order valence-electron chi connectivity index (χ1n) is 7.02. The molecule has 0 bridgehead atoms. The van der Waals surface area contributed by atoms with Gasteiger partial charge in [0.15, 0.2) is 0 Å². The molecule has 112 valence electrons. The zero-order chi connectivity index (χ0) is 14.2. The maximum atomic E-state index is 4.08. The SMILES string of the molecule is CCCCCC[C-](S)S.CCCCCC[C-](S)S.[Cd+2]. The maximum absolute atomic E-state index is 4.08. The molecular weight excluding hydrogens is 409 g/mol. The van der Waals surface area contributed by atoms with E-state index in [1.807, 2.05) is 0 Å². The van der Waals surface area contributed by atoms with Gasteiger partial charge in [-0.1, -0.05) is 65.2 Å². The van der Waals surface area contributed by atoms with E-state index in [9.17, 15) is 0 Å². The van der Waals surface area contributed by atoms with Gasteiger partial charge in [0.1, 0.15) is 0 Å². The summed E-state index contributed by atoms with van der Waals surface area (Å²) in [6.07, 6.45) is 12.5. The standard InChI is InChI=1S/2C7H15S2.Cd/c2*1-2-3-4-5-6-7(8)9;/h2*8-9H,2-6H2,1H3;/q2*-1;+2. The van der Waals surface area contributed by atoms with Crippen LogP contribution >= 0.6 is 50.5 Å². The first-order valence-corrected chi connectivity index (χ1v) is 8.80. The monoisotopic (exact) mass is 440 g/mol. The van der Waals surface area contributed by atoms with Crippen LogP contribution in [0.5, 0.6) is 0 Å². The fourth-order valence-corrected chi connectivity index (χ4v) is 2.05. The molecule has 0 heterocycles. The number of hydrogen-bond donors (Lipinski definition) is 4. The second-order valence-corrected chi connectivity index (χ2v) is 7.32. The minimum absolute atomic E-state index is 0.